The SMILES string of the molecule is Cc1cc(-c2nc(C(=O)Nc3sc4c(c3C(N)=O)CCN(C)C4)co2)ccn1. The van der Waals surface area contributed by atoms with E-state index in [2.05, 4.69) is 20.2 Å². The van der Waals surface area contributed by atoms with Gasteiger partial charge in [-0.15, -0.1) is 11.3 Å². The molecule has 2 amide bonds. The molecule has 4 heterocycles. The van der Waals surface area contributed by atoms with E-state index in [0.717, 1.165) is 41.2 Å². The van der Waals surface area contributed by atoms with Crippen LogP contribution in [-0.2, 0) is 13.0 Å². The highest BCUT2D eigenvalue weighted by Crippen LogP contribution is 2.36. The van der Waals surface area contributed by atoms with Gasteiger partial charge >= 0.3 is 0 Å². The highest BCUT2D eigenvalue weighted by Gasteiger charge is 2.27. The number of rotatable bonds is 4. The number of pyridine rings is 1. The minimum atomic E-state index is -0.537. The van der Waals surface area contributed by atoms with Gasteiger partial charge in [0.25, 0.3) is 11.8 Å². The number of amides is 2. The number of nitrogens with two attached hydrogens (primary N) is 1. The van der Waals surface area contributed by atoms with Crippen LogP contribution in [0.3, 0.4) is 0 Å². The molecule has 0 atom stereocenters. The number of hydrogen-bond donors (Lipinski definition) is 2. The first kappa shape index (κ1) is 18.3. The van der Waals surface area contributed by atoms with Gasteiger partial charge in [-0.3, -0.25) is 14.6 Å². The number of nitrogens with one attached hydrogen (secondary N) is 1. The minimum Gasteiger partial charge on any atom is -0.444 e. The van der Waals surface area contributed by atoms with Gasteiger partial charge in [0.05, 0.1) is 5.56 Å². The molecule has 9 heteroatoms. The zero-order valence-corrected chi connectivity index (χ0v) is 16.3. The summed E-state index contributed by atoms with van der Waals surface area (Å²) >= 11 is 1.38. The van der Waals surface area contributed by atoms with Crippen LogP contribution in [0.5, 0.6) is 0 Å². The molecule has 0 spiro atoms. The van der Waals surface area contributed by atoms with Gasteiger partial charge in [0.2, 0.25) is 5.89 Å². The first-order valence-corrected chi connectivity index (χ1v) is 9.57. The molecule has 28 heavy (non-hydrogen) atoms. The van der Waals surface area contributed by atoms with Crippen molar-refractivity contribution in [2.75, 3.05) is 18.9 Å². The van der Waals surface area contributed by atoms with Crippen molar-refractivity contribution in [2.24, 2.45) is 5.73 Å². The molecule has 0 radical (unpaired) electrons. The maximum absolute atomic E-state index is 12.7. The van der Waals surface area contributed by atoms with Crippen LogP contribution in [-0.4, -0.2) is 40.3 Å². The Morgan fingerprint density at radius 3 is 2.96 bits per heavy atom. The summed E-state index contributed by atoms with van der Waals surface area (Å²) in [6, 6.07) is 3.58. The third kappa shape index (κ3) is 3.41. The summed E-state index contributed by atoms with van der Waals surface area (Å²) in [6.45, 7) is 3.43. The number of carbonyl (C=O) groups is 2. The molecule has 0 bridgehead atoms. The van der Waals surface area contributed by atoms with Crippen molar-refractivity contribution in [3.8, 4) is 11.5 Å². The summed E-state index contributed by atoms with van der Waals surface area (Å²) in [5, 5.41) is 3.24. The Kier molecular flexibility index (Phi) is 4.70. The van der Waals surface area contributed by atoms with Crippen LogP contribution in [0, 0.1) is 6.92 Å². The minimum absolute atomic E-state index is 0.128. The van der Waals surface area contributed by atoms with Gasteiger partial charge in [-0.25, -0.2) is 4.98 Å². The second-order valence-electron chi connectivity index (χ2n) is 6.74. The lowest BCUT2D eigenvalue weighted by Gasteiger charge is -2.22. The second-order valence-corrected chi connectivity index (χ2v) is 7.84. The smallest absolute Gasteiger partial charge is 0.278 e. The van der Waals surface area contributed by atoms with E-state index >= 15 is 0 Å². The number of aromatic nitrogens is 2. The molecule has 1 aliphatic rings. The summed E-state index contributed by atoms with van der Waals surface area (Å²) in [5.41, 5.74) is 8.60. The molecule has 8 nitrogen and oxygen atoms in total. The van der Waals surface area contributed by atoms with Crippen molar-refractivity contribution in [3.05, 3.63) is 52.0 Å². The van der Waals surface area contributed by atoms with Gasteiger partial charge in [0.1, 0.15) is 11.3 Å². The number of aryl methyl sites for hydroxylation is 1. The first-order valence-electron chi connectivity index (χ1n) is 8.75. The zero-order chi connectivity index (χ0) is 19.8. The van der Waals surface area contributed by atoms with Gasteiger partial charge in [0.15, 0.2) is 5.69 Å². The maximum Gasteiger partial charge on any atom is 0.278 e. The Balaban J connectivity index is 1.60. The number of primary amides is 1. The number of thiophene rings is 1. The molecule has 3 aromatic heterocycles. The highest BCUT2D eigenvalue weighted by molar-refractivity contribution is 7.17. The number of fused-ring (bicyclic) bond motifs is 1. The summed E-state index contributed by atoms with van der Waals surface area (Å²) in [6.07, 6.45) is 3.68. The fraction of sp³-hybridized carbons (Fsp3) is 0.263. The number of hydrogen-bond acceptors (Lipinski definition) is 7. The Bertz CT molecular complexity index is 1070. The molecule has 3 N–H and O–H groups in total. The lowest BCUT2D eigenvalue weighted by atomic mass is 10.0. The van der Waals surface area contributed by atoms with E-state index in [9.17, 15) is 9.59 Å². The lowest BCUT2D eigenvalue weighted by molar-refractivity contribution is 0.1000. The number of oxazole rings is 1. The van der Waals surface area contributed by atoms with E-state index < -0.39 is 11.8 Å². The van der Waals surface area contributed by atoms with Crippen LogP contribution < -0.4 is 11.1 Å². The molecule has 0 aromatic carbocycles. The molecule has 0 saturated carbocycles. The molecule has 4 rings (SSSR count). The average Bonchev–Trinajstić information content (AvgIpc) is 3.26. The van der Waals surface area contributed by atoms with E-state index in [0.29, 0.717) is 16.5 Å². The summed E-state index contributed by atoms with van der Waals surface area (Å²) in [5.74, 6) is -0.654. The molecular formula is C19H19N5O3S. The number of likely N-dealkylation sites (N-methyl/N-ethyl adjacent to an activating group) is 1. The fourth-order valence-electron chi connectivity index (χ4n) is 3.24. The Morgan fingerprint density at radius 1 is 1.39 bits per heavy atom. The standard InChI is InChI=1S/C19H19N5O3S/c1-10-7-11(3-5-21-10)18-22-13(9-27-18)17(26)23-19-15(16(20)25)12-4-6-24(2)8-14(12)28-19/h3,5,7,9H,4,6,8H2,1-2H3,(H2,20,25)(H,23,26). The Morgan fingerprint density at radius 2 is 2.21 bits per heavy atom. The van der Waals surface area contributed by atoms with E-state index in [1.807, 2.05) is 20.0 Å². The molecule has 0 aliphatic carbocycles. The fourth-order valence-corrected chi connectivity index (χ4v) is 4.56. The lowest BCUT2D eigenvalue weighted by Crippen LogP contribution is -2.27. The summed E-state index contributed by atoms with van der Waals surface area (Å²) < 4.78 is 5.44. The molecule has 1 aliphatic heterocycles. The van der Waals surface area contributed by atoms with Crippen molar-refractivity contribution in [1.29, 1.82) is 0 Å². The van der Waals surface area contributed by atoms with E-state index in [4.69, 9.17) is 10.2 Å². The Labute approximate surface area is 165 Å². The second kappa shape index (κ2) is 7.17. The van der Waals surface area contributed by atoms with Crippen molar-refractivity contribution < 1.29 is 14.0 Å². The van der Waals surface area contributed by atoms with Gasteiger partial charge in [-0.2, -0.15) is 0 Å². The number of nitrogens with zero attached hydrogens (tertiary/aromatic N) is 3. The highest BCUT2D eigenvalue weighted by atomic mass is 32.1. The van der Waals surface area contributed by atoms with Crippen LogP contribution in [0.15, 0.2) is 29.0 Å². The molecule has 0 saturated heterocycles. The van der Waals surface area contributed by atoms with Gasteiger partial charge in [0, 0.05) is 35.4 Å². The van der Waals surface area contributed by atoms with Crippen LogP contribution in [0.2, 0.25) is 0 Å². The monoisotopic (exact) mass is 397 g/mol. The molecule has 3 aromatic rings. The van der Waals surface area contributed by atoms with E-state index in [1.165, 1.54) is 17.6 Å². The van der Waals surface area contributed by atoms with Crippen molar-refractivity contribution in [3.63, 3.8) is 0 Å². The molecule has 144 valence electrons. The molecule has 0 fully saturated rings. The van der Waals surface area contributed by atoms with E-state index in [1.54, 1.807) is 12.3 Å². The largest absolute Gasteiger partial charge is 0.444 e. The van der Waals surface area contributed by atoms with Crippen LogP contribution in [0.4, 0.5) is 5.00 Å². The van der Waals surface area contributed by atoms with Crippen LogP contribution in [0.25, 0.3) is 11.5 Å². The number of anilines is 1. The quantitative estimate of drug-likeness (QED) is 0.699. The summed E-state index contributed by atoms with van der Waals surface area (Å²) in [7, 11) is 2.02. The van der Waals surface area contributed by atoms with Crippen LogP contribution >= 0.6 is 11.3 Å². The first-order chi connectivity index (χ1) is 13.4. The molecule has 0 unspecified atom stereocenters. The van der Waals surface area contributed by atoms with Gasteiger partial charge in [-0.05, 0) is 38.1 Å². The van der Waals surface area contributed by atoms with Gasteiger partial charge in [-0.1, -0.05) is 0 Å². The van der Waals surface area contributed by atoms with Crippen molar-refractivity contribution >= 4 is 28.2 Å². The molecular weight excluding hydrogens is 378 g/mol. The maximum atomic E-state index is 12.7. The van der Waals surface area contributed by atoms with Crippen molar-refractivity contribution in [2.45, 2.75) is 19.9 Å². The van der Waals surface area contributed by atoms with Crippen molar-refractivity contribution in [1.82, 2.24) is 14.9 Å². The third-order valence-corrected chi connectivity index (χ3v) is 5.73. The van der Waals surface area contributed by atoms with Crippen LogP contribution in [0.1, 0.15) is 37.0 Å². The Hall–Kier alpha value is -3.04. The normalized spacial score (nSPS) is 13.9. The predicted octanol–water partition coefficient (Wildman–Crippen LogP) is 2.45. The topological polar surface area (TPSA) is 114 Å². The average molecular weight is 397 g/mol. The zero-order valence-electron chi connectivity index (χ0n) is 15.5. The van der Waals surface area contributed by atoms with Gasteiger partial charge < -0.3 is 20.4 Å². The third-order valence-electron chi connectivity index (χ3n) is 4.60. The number of carbonyl (C=O) groups excluding carboxylic acids is 2. The summed E-state index contributed by atoms with van der Waals surface area (Å²) in [4.78, 5) is 36.3. The predicted molar refractivity (Wildman–Crippen MR) is 105 cm³/mol. The van der Waals surface area contributed by atoms with E-state index in [-0.39, 0.29) is 5.69 Å².